The van der Waals surface area contributed by atoms with E-state index in [0.717, 1.165) is 0 Å². The third-order valence-corrected chi connectivity index (χ3v) is 2.64. The van der Waals surface area contributed by atoms with Gasteiger partial charge in [0.2, 0.25) is 0 Å². The number of carbonyl (C=O) groups is 2. The Kier molecular flexibility index (Phi) is 4.52. The molecule has 0 unspecified atom stereocenters. The van der Waals surface area contributed by atoms with Gasteiger partial charge in [0, 0.05) is 6.54 Å². The third kappa shape index (κ3) is 3.45. The number of fused-ring (bicyclic) bond motifs is 1. The molecule has 0 fully saturated rings. The smallest absolute Gasteiger partial charge is 0.307 e. The Bertz CT molecular complexity index is 641. The summed E-state index contributed by atoms with van der Waals surface area (Å²) in [4.78, 5) is 27.1. The molecule has 20 heavy (non-hydrogen) atoms. The van der Waals surface area contributed by atoms with E-state index in [0.29, 0.717) is 17.4 Å². The van der Waals surface area contributed by atoms with Crippen LogP contribution in [0.5, 0.6) is 0 Å². The number of rotatable bonds is 5. The van der Waals surface area contributed by atoms with Gasteiger partial charge in [-0.15, -0.1) is 0 Å². The summed E-state index contributed by atoms with van der Waals surface area (Å²) in [5.74, 6) is -0.729. The molecule has 7 nitrogen and oxygen atoms in total. The van der Waals surface area contributed by atoms with E-state index in [1.54, 1.807) is 19.1 Å². The van der Waals surface area contributed by atoms with Gasteiger partial charge >= 0.3 is 5.97 Å². The van der Waals surface area contributed by atoms with E-state index in [2.05, 4.69) is 15.4 Å². The van der Waals surface area contributed by atoms with E-state index < -0.39 is 0 Å². The lowest BCUT2D eigenvalue weighted by molar-refractivity contribution is -0.142. The molecule has 1 amide bonds. The predicted molar refractivity (Wildman–Crippen MR) is 71.6 cm³/mol. The molecule has 0 saturated carbocycles. The minimum Gasteiger partial charge on any atom is -0.466 e. The highest BCUT2D eigenvalue weighted by molar-refractivity contribution is 6.29. The summed E-state index contributed by atoms with van der Waals surface area (Å²) in [5.41, 5.74) is 0.730. The molecule has 0 aliphatic rings. The van der Waals surface area contributed by atoms with Crippen LogP contribution in [-0.2, 0) is 9.53 Å². The summed E-state index contributed by atoms with van der Waals surface area (Å²) in [5, 5.41) is 6.87. The molecular formula is C12H13ClN4O3. The molecule has 2 rings (SSSR count). The zero-order valence-corrected chi connectivity index (χ0v) is 11.6. The molecule has 0 aliphatic heterocycles. The molecule has 2 heterocycles. The molecule has 2 aromatic rings. The Balaban J connectivity index is 1.95. The minimum atomic E-state index is -0.379. The van der Waals surface area contributed by atoms with E-state index in [1.807, 2.05) is 0 Å². The predicted octanol–water partition coefficient (Wildman–Crippen LogP) is 1.07. The number of nitrogens with one attached hydrogen (secondary N) is 1. The van der Waals surface area contributed by atoms with Gasteiger partial charge in [-0.05, 0) is 19.1 Å². The van der Waals surface area contributed by atoms with E-state index in [-0.39, 0.29) is 30.5 Å². The number of hydrogen-bond donors (Lipinski definition) is 1. The van der Waals surface area contributed by atoms with Crippen LogP contribution >= 0.6 is 11.6 Å². The van der Waals surface area contributed by atoms with E-state index in [9.17, 15) is 9.59 Å². The number of nitrogens with zero attached hydrogens (tertiary/aromatic N) is 3. The van der Waals surface area contributed by atoms with Crippen molar-refractivity contribution in [1.29, 1.82) is 0 Å². The topological polar surface area (TPSA) is 85.6 Å². The van der Waals surface area contributed by atoms with Gasteiger partial charge in [0.05, 0.1) is 19.2 Å². The molecule has 0 bridgehead atoms. The molecule has 0 aromatic carbocycles. The number of ether oxygens (including phenoxy) is 1. The average molecular weight is 297 g/mol. The molecule has 0 atom stereocenters. The van der Waals surface area contributed by atoms with Crippen LogP contribution in [0.25, 0.3) is 5.65 Å². The monoisotopic (exact) mass is 296 g/mol. The molecule has 8 heteroatoms. The summed E-state index contributed by atoms with van der Waals surface area (Å²) >= 11 is 5.74. The molecule has 1 N–H and O–H groups in total. The lowest BCUT2D eigenvalue weighted by Crippen LogP contribution is -2.26. The summed E-state index contributed by atoms with van der Waals surface area (Å²) in [6.45, 7) is 2.25. The zero-order valence-electron chi connectivity index (χ0n) is 10.8. The van der Waals surface area contributed by atoms with Crippen molar-refractivity contribution < 1.29 is 14.3 Å². The Morgan fingerprint density at radius 1 is 1.45 bits per heavy atom. The molecule has 2 aromatic heterocycles. The summed E-state index contributed by atoms with van der Waals surface area (Å²) in [6.07, 6.45) is 1.60. The van der Waals surface area contributed by atoms with Gasteiger partial charge in [0.1, 0.15) is 10.8 Å². The van der Waals surface area contributed by atoms with Gasteiger partial charge in [-0.2, -0.15) is 5.10 Å². The molecule has 0 saturated heterocycles. The zero-order chi connectivity index (χ0) is 14.5. The van der Waals surface area contributed by atoms with Crippen molar-refractivity contribution >= 4 is 29.1 Å². The van der Waals surface area contributed by atoms with Crippen LogP contribution in [0.4, 0.5) is 0 Å². The molecular weight excluding hydrogens is 284 g/mol. The maximum Gasteiger partial charge on any atom is 0.307 e. The van der Waals surface area contributed by atoms with Gasteiger partial charge in [-0.3, -0.25) is 9.59 Å². The number of carbonyl (C=O) groups excluding carboxylic acids is 2. The fourth-order valence-corrected chi connectivity index (χ4v) is 1.71. The standard InChI is InChI=1S/C12H13ClN4O3/c1-2-20-11(18)5-6-14-12(19)8-7-17-10(15-8)4-3-9(13)16-17/h3-4,7H,2,5-6H2,1H3,(H,14,19). The van der Waals surface area contributed by atoms with E-state index in [4.69, 9.17) is 16.3 Å². The van der Waals surface area contributed by atoms with E-state index >= 15 is 0 Å². The highest BCUT2D eigenvalue weighted by Crippen LogP contribution is 2.08. The van der Waals surface area contributed by atoms with Gasteiger partial charge in [0.15, 0.2) is 5.65 Å². The van der Waals surface area contributed by atoms with Gasteiger partial charge in [-0.25, -0.2) is 9.50 Å². The first-order chi connectivity index (χ1) is 9.60. The number of imidazole rings is 1. The lowest BCUT2D eigenvalue weighted by Gasteiger charge is -2.02. The summed E-state index contributed by atoms with van der Waals surface area (Å²) in [6, 6.07) is 3.25. The highest BCUT2D eigenvalue weighted by atomic mass is 35.5. The number of halogens is 1. The van der Waals surface area contributed by atoms with Crippen molar-refractivity contribution in [1.82, 2.24) is 19.9 Å². The van der Waals surface area contributed by atoms with Crippen LogP contribution in [0.15, 0.2) is 18.3 Å². The fraction of sp³-hybridized carbons (Fsp3) is 0.333. The normalized spacial score (nSPS) is 10.5. The maximum atomic E-state index is 11.8. The van der Waals surface area contributed by atoms with Crippen molar-refractivity contribution in [3.05, 3.63) is 29.2 Å². The van der Waals surface area contributed by atoms with Crippen LogP contribution in [0.3, 0.4) is 0 Å². The van der Waals surface area contributed by atoms with Crippen LogP contribution in [0.2, 0.25) is 5.15 Å². The molecule has 0 spiro atoms. The maximum absolute atomic E-state index is 11.8. The SMILES string of the molecule is CCOC(=O)CCNC(=O)c1cn2nc(Cl)ccc2n1. The second-order valence-corrected chi connectivity index (χ2v) is 4.28. The number of amides is 1. The van der Waals surface area contributed by atoms with E-state index in [1.165, 1.54) is 10.7 Å². The minimum absolute atomic E-state index is 0.122. The van der Waals surface area contributed by atoms with Gasteiger partial charge in [0.25, 0.3) is 5.91 Å². The van der Waals surface area contributed by atoms with Crippen molar-refractivity contribution in [3.8, 4) is 0 Å². The summed E-state index contributed by atoms with van der Waals surface area (Å²) in [7, 11) is 0. The highest BCUT2D eigenvalue weighted by Gasteiger charge is 2.12. The van der Waals surface area contributed by atoms with Crippen LogP contribution < -0.4 is 5.32 Å². The first-order valence-corrected chi connectivity index (χ1v) is 6.43. The number of esters is 1. The second-order valence-electron chi connectivity index (χ2n) is 3.90. The summed E-state index contributed by atoms with van der Waals surface area (Å²) < 4.78 is 6.18. The Morgan fingerprint density at radius 2 is 2.25 bits per heavy atom. The lowest BCUT2D eigenvalue weighted by atomic mass is 10.4. The molecule has 0 radical (unpaired) electrons. The average Bonchev–Trinajstić information content (AvgIpc) is 2.82. The quantitative estimate of drug-likeness (QED) is 0.834. The van der Waals surface area contributed by atoms with Crippen molar-refractivity contribution in [3.63, 3.8) is 0 Å². The Morgan fingerprint density at radius 3 is 3.00 bits per heavy atom. The van der Waals surface area contributed by atoms with Crippen molar-refractivity contribution in [2.45, 2.75) is 13.3 Å². The fourth-order valence-electron chi connectivity index (χ4n) is 1.57. The van der Waals surface area contributed by atoms with Crippen molar-refractivity contribution in [2.24, 2.45) is 0 Å². The van der Waals surface area contributed by atoms with Crippen LogP contribution in [-0.4, -0.2) is 39.6 Å². The van der Waals surface area contributed by atoms with Gasteiger partial charge < -0.3 is 10.1 Å². The Labute approximate surface area is 119 Å². The second kappa shape index (κ2) is 6.33. The number of aromatic nitrogens is 3. The van der Waals surface area contributed by atoms with Crippen molar-refractivity contribution in [2.75, 3.05) is 13.2 Å². The molecule has 106 valence electrons. The third-order valence-electron chi connectivity index (χ3n) is 2.44. The molecule has 0 aliphatic carbocycles. The van der Waals surface area contributed by atoms with Crippen LogP contribution in [0, 0.1) is 0 Å². The number of hydrogen-bond acceptors (Lipinski definition) is 5. The first kappa shape index (κ1) is 14.3. The van der Waals surface area contributed by atoms with Gasteiger partial charge in [-0.1, -0.05) is 11.6 Å². The van der Waals surface area contributed by atoms with Crippen LogP contribution in [0.1, 0.15) is 23.8 Å². The Hall–Kier alpha value is -2.15. The first-order valence-electron chi connectivity index (χ1n) is 6.06. The largest absolute Gasteiger partial charge is 0.466 e.